The fourth-order valence-electron chi connectivity index (χ4n) is 4.72. The van der Waals surface area contributed by atoms with Gasteiger partial charge in [-0.15, -0.1) is 0 Å². The van der Waals surface area contributed by atoms with Crippen LogP contribution in [-0.2, 0) is 37.4 Å². The SMILES string of the molecule is CCN1CC(=O)N[C@H]2CCN(S(C)(=O)=O)C[C@@H]2OCc2cccc(c2)Oc2cc(ccc2OC)CCC1=O. The molecule has 2 aliphatic rings. The van der Waals surface area contributed by atoms with Gasteiger partial charge in [0.2, 0.25) is 21.8 Å². The van der Waals surface area contributed by atoms with E-state index in [1.54, 1.807) is 7.11 Å². The number of carbonyl (C=O) groups excluding carboxylic acids is 2. The minimum Gasteiger partial charge on any atom is -0.493 e. The first-order valence-corrected chi connectivity index (χ1v) is 14.6. The van der Waals surface area contributed by atoms with Crippen LogP contribution >= 0.6 is 0 Å². The van der Waals surface area contributed by atoms with Gasteiger partial charge in [0.1, 0.15) is 5.75 Å². The maximum Gasteiger partial charge on any atom is 0.239 e. The number of likely N-dealkylation sites (N-methyl/N-ethyl adjacent to an activating group) is 1. The molecule has 206 valence electrons. The third kappa shape index (κ3) is 7.03. The first kappa shape index (κ1) is 27.9. The molecule has 1 saturated heterocycles. The Kier molecular flexibility index (Phi) is 8.91. The zero-order chi connectivity index (χ0) is 27.3. The third-order valence-electron chi connectivity index (χ3n) is 6.85. The maximum absolute atomic E-state index is 13.0. The predicted molar refractivity (Wildman–Crippen MR) is 142 cm³/mol. The summed E-state index contributed by atoms with van der Waals surface area (Å²) in [5.41, 5.74) is 1.75. The predicted octanol–water partition coefficient (Wildman–Crippen LogP) is 2.32. The Bertz CT molecular complexity index is 1270. The van der Waals surface area contributed by atoms with Crippen molar-refractivity contribution in [2.75, 3.05) is 39.5 Å². The van der Waals surface area contributed by atoms with E-state index in [0.717, 1.165) is 11.1 Å². The fourth-order valence-corrected chi connectivity index (χ4v) is 5.58. The molecule has 0 aliphatic carbocycles. The van der Waals surface area contributed by atoms with Crippen LogP contribution in [0.1, 0.15) is 30.9 Å². The number of benzene rings is 2. The fraction of sp³-hybridized carbons (Fsp3) is 0.481. The number of nitrogens with zero attached hydrogens (tertiary/aromatic N) is 2. The zero-order valence-corrected chi connectivity index (χ0v) is 22.8. The summed E-state index contributed by atoms with van der Waals surface area (Å²) >= 11 is 0. The molecule has 4 bridgehead atoms. The molecule has 4 rings (SSSR count). The van der Waals surface area contributed by atoms with Crippen molar-refractivity contribution in [2.24, 2.45) is 0 Å². The van der Waals surface area contributed by atoms with Crippen LogP contribution in [0.3, 0.4) is 0 Å². The summed E-state index contributed by atoms with van der Waals surface area (Å²) in [6, 6.07) is 12.6. The van der Waals surface area contributed by atoms with Crippen LogP contribution in [0.4, 0.5) is 0 Å². The van der Waals surface area contributed by atoms with Gasteiger partial charge in [0, 0.05) is 26.1 Å². The van der Waals surface area contributed by atoms with Gasteiger partial charge in [-0.1, -0.05) is 18.2 Å². The minimum atomic E-state index is -3.42. The van der Waals surface area contributed by atoms with Crippen LogP contribution in [0.25, 0.3) is 0 Å². The van der Waals surface area contributed by atoms with E-state index < -0.39 is 22.2 Å². The van der Waals surface area contributed by atoms with Crippen molar-refractivity contribution < 1.29 is 32.2 Å². The molecule has 1 N–H and O–H groups in total. The second-order valence-corrected chi connectivity index (χ2v) is 11.6. The molecule has 0 saturated carbocycles. The number of aryl methyl sites for hydroxylation is 1. The number of amides is 2. The summed E-state index contributed by atoms with van der Waals surface area (Å²) in [4.78, 5) is 27.4. The highest BCUT2D eigenvalue weighted by Crippen LogP contribution is 2.33. The van der Waals surface area contributed by atoms with Crippen molar-refractivity contribution in [3.8, 4) is 17.2 Å². The Morgan fingerprint density at radius 1 is 1.11 bits per heavy atom. The molecule has 10 nitrogen and oxygen atoms in total. The summed E-state index contributed by atoms with van der Waals surface area (Å²) in [7, 11) is -1.85. The lowest BCUT2D eigenvalue weighted by Gasteiger charge is -2.37. The van der Waals surface area contributed by atoms with Gasteiger partial charge >= 0.3 is 0 Å². The van der Waals surface area contributed by atoms with Crippen LogP contribution in [0.2, 0.25) is 0 Å². The minimum absolute atomic E-state index is 0.0760. The molecular weight excluding hydrogens is 510 g/mol. The van der Waals surface area contributed by atoms with Crippen molar-refractivity contribution in [3.63, 3.8) is 0 Å². The number of rotatable bonds is 3. The van der Waals surface area contributed by atoms with Crippen molar-refractivity contribution in [1.29, 1.82) is 0 Å². The molecule has 2 amide bonds. The number of ether oxygens (including phenoxy) is 3. The Morgan fingerprint density at radius 3 is 2.66 bits per heavy atom. The summed E-state index contributed by atoms with van der Waals surface area (Å²) in [5.74, 6) is 1.25. The molecular formula is C27H35N3O7S. The largest absolute Gasteiger partial charge is 0.493 e. The van der Waals surface area contributed by atoms with Gasteiger partial charge in [0.05, 0.1) is 38.7 Å². The average Bonchev–Trinajstić information content (AvgIpc) is 2.89. The van der Waals surface area contributed by atoms with Crippen LogP contribution in [0.15, 0.2) is 42.5 Å². The molecule has 2 aliphatic heterocycles. The van der Waals surface area contributed by atoms with Crippen molar-refractivity contribution >= 4 is 21.8 Å². The summed E-state index contributed by atoms with van der Waals surface area (Å²) in [6.45, 7) is 2.75. The summed E-state index contributed by atoms with van der Waals surface area (Å²) in [6.07, 6.45) is 1.73. The van der Waals surface area contributed by atoms with Crippen LogP contribution in [-0.4, -0.2) is 81.1 Å². The quantitative estimate of drug-likeness (QED) is 0.630. The second-order valence-electron chi connectivity index (χ2n) is 9.58. The lowest BCUT2D eigenvalue weighted by atomic mass is 10.0. The van der Waals surface area contributed by atoms with Gasteiger partial charge in [-0.05, 0) is 55.2 Å². The van der Waals surface area contributed by atoms with Crippen LogP contribution in [0, 0.1) is 0 Å². The Balaban J connectivity index is 1.65. The van der Waals surface area contributed by atoms with E-state index in [1.165, 1.54) is 15.5 Å². The highest BCUT2D eigenvalue weighted by atomic mass is 32.2. The van der Waals surface area contributed by atoms with E-state index >= 15 is 0 Å². The molecule has 0 unspecified atom stereocenters. The van der Waals surface area contributed by atoms with Gasteiger partial charge in [0.15, 0.2) is 11.5 Å². The number of hydrogen-bond donors (Lipinski definition) is 1. The van der Waals surface area contributed by atoms with Crippen LogP contribution < -0.4 is 14.8 Å². The van der Waals surface area contributed by atoms with Crippen molar-refractivity contribution in [3.05, 3.63) is 53.6 Å². The molecule has 2 aromatic rings. The van der Waals surface area contributed by atoms with E-state index in [2.05, 4.69) is 5.32 Å². The lowest BCUT2D eigenvalue weighted by Crippen LogP contribution is -2.57. The van der Waals surface area contributed by atoms with Gasteiger partial charge < -0.3 is 24.4 Å². The van der Waals surface area contributed by atoms with E-state index in [-0.39, 0.29) is 44.5 Å². The standard InChI is InChI=1S/C27H35N3O7S/c1-4-29-17-26(31)28-22-12-13-30(38(3,33)34)16-25(22)36-18-20-6-5-7-21(14-20)37-24-15-19(9-11-27(29)32)8-10-23(24)35-2/h5-8,10,14-15,22,25H,4,9,11-13,16-18H2,1-3H3,(H,28,31)/t22-,25-/m0/s1. The molecule has 11 heteroatoms. The molecule has 0 aromatic heterocycles. The Hall–Kier alpha value is -3.15. The first-order valence-electron chi connectivity index (χ1n) is 12.7. The number of methoxy groups -OCH3 is 1. The topological polar surface area (TPSA) is 114 Å². The van der Waals surface area contributed by atoms with E-state index in [1.807, 2.05) is 49.4 Å². The number of fused-ring (bicyclic) bond motifs is 5. The first-order chi connectivity index (χ1) is 18.2. The molecule has 2 atom stereocenters. The average molecular weight is 546 g/mol. The van der Waals surface area contributed by atoms with E-state index in [4.69, 9.17) is 14.2 Å². The molecule has 0 radical (unpaired) electrons. The van der Waals surface area contributed by atoms with Gasteiger partial charge in [-0.25, -0.2) is 8.42 Å². The number of carbonyl (C=O) groups is 2. The molecule has 2 aromatic carbocycles. The summed E-state index contributed by atoms with van der Waals surface area (Å²) in [5, 5.41) is 2.99. The highest BCUT2D eigenvalue weighted by molar-refractivity contribution is 7.88. The van der Waals surface area contributed by atoms with Crippen LogP contribution in [0.5, 0.6) is 17.2 Å². The molecule has 2 heterocycles. The number of nitrogens with one attached hydrogen (secondary N) is 1. The number of piperidine rings is 1. The number of sulfonamides is 1. The lowest BCUT2D eigenvalue weighted by molar-refractivity contribution is -0.136. The normalized spacial score (nSPS) is 21.9. The Labute approximate surface area is 223 Å². The van der Waals surface area contributed by atoms with Crippen molar-refractivity contribution in [2.45, 2.75) is 44.9 Å². The zero-order valence-electron chi connectivity index (χ0n) is 22.0. The monoisotopic (exact) mass is 545 g/mol. The summed E-state index contributed by atoms with van der Waals surface area (Å²) < 4.78 is 43.6. The highest BCUT2D eigenvalue weighted by Gasteiger charge is 2.35. The molecule has 38 heavy (non-hydrogen) atoms. The number of hydrogen-bond acceptors (Lipinski definition) is 7. The van der Waals surface area contributed by atoms with Gasteiger partial charge in [-0.3, -0.25) is 9.59 Å². The van der Waals surface area contributed by atoms with E-state index in [9.17, 15) is 18.0 Å². The Morgan fingerprint density at radius 2 is 1.92 bits per heavy atom. The molecule has 1 fully saturated rings. The van der Waals surface area contributed by atoms with Gasteiger partial charge in [-0.2, -0.15) is 4.31 Å². The van der Waals surface area contributed by atoms with Crippen molar-refractivity contribution in [1.82, 2.24) is 14.5 Å². The second kappa shape index (κ2) is 12.1. The third-order valence-corrected chi connectivity index (χ3v) is 8.12. The molecule has 0 spiro atoms. The smallest absolute Gasteiger partial charge is 0.239 e. The maximum atomic E-state index is 13.0. The van der Waals surface area contributed by atoms with E-state index in [0.29, 0.717) is 36.6 Å². The van der Waals surface area contributed by atoms with Gasteiger partial charge in [0.25, 0.3) is 0 Å².